The lowest BCUT2D eigenvalue weighted by atomic mass is 9.72. The van der Waals surface area contributed by atoms with Gasteiger partial charge in [-0.05, 0) is 241 Å². The van der Waals surface area contributed by atoms with Gasteiger partial charge in [-0.25, -0.2) is 0 Å². The molecule has 6 aromatic rings. The van der Waals surface area contributed by atoms with Crippen molar-refractivity contribution in [1.82, 2.24) is 0 Å². The molecule has 0 bridgehead atoms. The Hall–Kier alpha value is -7.18. The molecule has 6 nitrogen and oxygen atoms in total. The minimum absolute atomic E-state index is 0.329. The van der Waals surface area contributed by atoms with Crippen molar-refractivity contribution in [1.29, 1.82) is 0 Å². The Morgan fingerprint density at radius 2 is 0.695 bits per heavy atom. The highest BCUT2D eigenvalue weighted by atomic mass is 15.1. The normalized spacial score (nSPS) is 20.4. The summed E-state index contributed by atoms with van der Waals surface area (Å²) < 4.78 is 0. The van der Waals surface area contributed by atoms with E-state index in [1.54, 1.807) is 0 Å². The van der Waals surface area contributed by atoms with Gasteiger partial charge in [-0.1, -0.05) is 116 Å². The van der Waals surface area contributed by atoms with Crippen LogP contribution in [0.25, 0.3) is 22.3 Å². The highest BCUT2D eigenvalue weighted by Crippen LogP contribution is 2.43. The Kier molecular flexibility index (Phi) is 19.3. The number of allylic oxidation sites excluding steroid dienone is 6. The summed E-state index contributed by atoms with van der Waals surface area (Å²) in [6.45, 7) is 28.3. The molecule has 2 fully saturated rings. The van der Waals surface area contributed by atoms with Crippen molar-refractivity contribution < 1.29 is 0 Å². The second-order valence-electron chi connectivity index (χ2n) is 23.4. The maximum atomic E-state index is 5.66. The van der Waals surface area contributed by atoms with Gasteiger partial charge in [0.1, 0.15) is 0 Å². The van der Waals surface area contributed by atoms with Crippen LogP contribution in [-0.2, 0) is 0 Å². The third-order valence-corrected chi connectivity index (χ3v) is 18.8. The van der Waals surface area contributed by atoms with Crippen molar-refractivity contribution in [2.45, 2.75) is 126 Å². The zero-order valence-corrected chi connectivity index (χ0v) is 51.0. The third kappa shape index (κ3) is 12.7. The van der Waals surface area contributed by atoms with Gasteiger partial charge in [0.25, 0.3) is 0 Å². The molecule has 82 heavy (non-hydrogen) atoms. The van der Waals surface area contributed by atoms with Crippen LogP contribution in [0, 0.1) is 17.8 Å². The number of rotatable bonds is 20. The molecule has 0 saturated heterocycles. The summed E-state index contributed by atoms with van der Waals surface area (Å²) >= 11 is 0. The van der Waals surface area contributed by atoms with Crippen LogP contribution in [0.1, 0.15) is 158 Å². The van der Waals surface area contributed by atoms with Crippen LogP contribution in [0.5, 0.6) is 0 Å². The fourth-order valence-corrected chi connectivity index (χ4v) is 14.1. The van der Waals surface area contributed by atoms with Gasteiger partial charge in [0.15, 0.2) is 0 Å². The van der Waals surface area contributed by atoms with Gasteiger partial charge < -0.3 is 19.6 Å². The number of nitrogens with zero attached hydrogens (tertiary/aromatic N) is 6. The Balaban J connectivity index is 0.827. The van der Waals surface area contributed by atoms with E-state index in [4.69, 9.17) is 9.98 Å². The van der Waals surface area contributed by atoms with E-state index in [1.807, 2.05) is 0 Å². The number of hydrogen-bond donors (Lipinski definition) is 0. The molecule has 2 saturated carbocycles. The largest absolute Gasteiger partial charge is 0.372 e. The molecule has 3 unspecified atom stereocenters. The van der Waals surface area contributed by atoms with E-state index in [0.29, 0.717) is 18.0 Å². The zero-order valence-electron chi connectivity index (χ0n) is 51.0. The molecule has 4 aliphatic rings. The van der Waals surface area contributed by atoms with E-state index in [2.05, 4.69) is 252 Å². The van der Waals surface area contributed by atoms with E-state index < -0.39 is 0 Å². The fourth-order valence-electron chi connectivity index (χ4n) is 14.1. The topological polar surface area (TPSA) is 37.7 Å². The fraction of sp³-hybridized carbons (Fsp3) is 0.395. The second-order valence-corrected chi connectivity index (χ2v) is 23.4. The number of benzene rings is 6. The van der Waals surface area contributed by atoms with Crippen LogP contribution in [-0.4, -0.2) is 75.9 Å². The van der Waals surface area contributed by atoms with Crippen molar-refractivity contribution in [3.63, 3.8) is 0 Å². The summed E-state index contributed by atoms with van der Waals surface area (Å²) in [4.78, 5) is 20.9. The van der Waals surface area contributed by atoms with Crippen LogP contribution in [0.3, 0.4) is 0 Å². The minimum Gasteiger partial charge on any atom is -0.372 e. The van der Waals surface area contributed by atoms with Crippen molar-refractivity contribution in [2.24, 2.45) is 27.7 Å². The van der Waals surface area contributed by atoms with E-state index in [9.17, 15) is 0 Å². The minimum atomic E-state index is 0.329. The molecular formula is C76H92N6. The highest BCUT2D eigenvalue weighted by molar-refractivity contribution is 6.20. The van der Waals surface area contributed by atoms with E-state index >= 15 is 0 Å². The number of fused-ring (bicyclic) bond motifs is 2. The van der Waals surface area contributed by atoms with E-state index in [0.717, 1.165) is 82.0 Å². The van der Waals surface area contributed by atoms with Crippen LogP contribution in [0.15, 0.2) is 180 Å². The molecule has 3 atom stereocenters. The number of hydrogen-bond acceptors (Lipinski definition) is 6. The molecule has 426 valence electrons. The number of aliphatic imine (C=N–C) groups is 2. The molecule has 0 amide bonds. The summed E-state index contributed by atoms with van der Waals surface area (Å²) in [5.41, 5.74) is 22.4. The van der Waals surface area contributed by atoms with Gasteiger partial charge in [-0.15, -0.1) is 0 Å². The Bertz CT molecular complexity index is 3140. The Labute approximate surface area is 493 Å². The molecule has 0 radical (unpaired) electrons. The highest BCUT2D eigenvalue weighted by Gasteiger charge is 2.32. The van der Waals surface area contributed by atoms with Gasteiger partial charge in [-0.2, -0.15) is 0 Å². The smallest absolute Gasteiger partial charge is 0.0656 e. The molecule has 0 heterocycles. The van der Waals surface area contributed by atoms with Crippen molar-refractivity contribution in [3.8, 4) is 0 Å². The first-order chi connectivity index (χ1) is 40.2. The molecule has 6 heteroatoms. The summed E-state index contributed by atoms with van der Waals surface area (Å²) in [7, 11) is 0. The van der Waals surface area contributed by atoms with Crippen LogP contribution in [0.2, 0.25) is 0 Å². The summed E-state index contributed by atoms with van der Waals surface area (Å²) in [6.07, 6.45) is 19.3. The third-order valence-electron chi connectivity index (χ3n) is 18.8. The van der Waals surface area contributed by atoms with Gasteiger partial charge in [0.2, 0.25) is 0 Å². The van der Waals surface area contributed by atoms with Crippen LogP contribution < -0.4 is 19.6 Å². The standard InChI is InChI=1S/C76H92N6/c1-10-79(11-2)62-39-29-57(30-40-62)75(58-31-41-63(42-32-58)80(12-3)13-4)70-47-50-73(68-24-20-18-22-66(68)70)77-61-37-26-55(27-38-61)53-56-28-49-72(54(9)52-56)78-74-51-48-71(67-23-19-21-25-69(67)74)76(59-33-43-64(44-34-59)81(14-5)15-6)60-35-45-65(46-36-60)82(16-7)17-8/h18-25,29-36,39-48,50-51,54-56,61,72H,10-17,26-28,37-38,49,52-53H2,1-9H3. The van der Waals surface area contributed by atoms with Gasteiger partial charge in [0, 0.05) is 86.2 Å². The van der Waals surface area contributed by atoms with Gasteiger partial charge in [-0.3, -0.25) is 9.98 Å². The second kappa shape index (κ2) is 27.3. The van der Waals surface area contributed by atoms with Crippen molar-refractivity contribution in [2.75, 3.05) is 72.0 Å². The molecule has 0 aromatic heterocycles. The first kappa shape index (κ1) is 58.0. The van der Waals surface area contributed by atoms with Crippen molar-refractivity contribution in [3.05, 3.63) is 214 Å². The van der Waals surface area contributed by atoms with Gasteiger partial charge >= 0.3 is 0 Å². The first-order valence-electron chi connectivity index (χ1n) is 31.8. The van der Waals surface area contributed by atoms with Crippen LogP contribution in [0.4, 0.5) is 22.7 Å². The quantitative estimate of drug-likeness (QED) is 0.0764. The number of anilines is 4. The van der Waals surface area contributed by atoms with E-state index in [1.165, 1.54) is 134 Å². The molecule has 4 aliphatic carbocycles. The monoisotopic (exact) mass is 1090 g/mol. The molecule has 10 rings (SSSR count). The molecule has 6 aromatic carbocycles. The predicted molar refractivity (Wildman–Crippen MR) is 357 cm³/mol. The maximum Gasteiger partial charge on any atom is 0.0656 e. The average Bonchev–Trinajstić information content (AvgIpc) is 3.62. The Morgan fingerprint density at radius 3 is 1.04 bits per heavy atom. The first-order valence-corrected chi connectivity index (χ1v) is 31.8. The van der Waals surface area contributed by atoms with E-state index in [-0.39, 0.29) is 0 Å². The summed E-state index contributed by atoms with van der Waals surface area (Å²) in [5, 5.41) is 0. The maximum absolute atomic E-state index is 5.66. The Morgan fingerprint density at radius 1 is 0.366 bits per heavy atom. The summed E-state index contributed by atoms with van der Waals surface area (Å²) in [5.74, 6) is 2.09. The lowest BCUT2D eigenvalue weighted by molar-refractivity contribution is 0.191. The molecular weight excluding hydrogens is 997 g/mol. The molecule has 0 N–H and O–H groups in total. The molecule has 0 aliphatic heterocycles. The average molecular weight is 1090 g/mol. The van der Waals surface area contributed by atoms with Crippen LogP contribution >= 0.6 is 0 Å². The summed E-state index contributed by atoms with van der Waals surface area (Å²) in [6, 6.07) is 55.7. The zero-order chi connectivity index (χ0) is 57.1. The van der Waals surface area contributed by atoms with Gasteiger partial charge in [0.05, 0.1) is 23.5 Å². The predicted octanol–water partition coefficient (Wildman–Crippen LogP) is 18.2. The van der Waals surface area contributed by atoms with Crippen molar-refractivity contribution >= 4 is 56.5 Å². The molecule has 0 spiro atoms. The SMILES string of the molecule is CCN(CC)c1ccc(C(=C2C=CC(=NC3CCC(CC4CCC(N=C5C=CC(=C(c6ccc(N(CC)CC)cc6)c6ccc(N(CC)CC)cc6)c6ccccc65)C(C)C4)CC3)c3ccccc32)c2ccc(N(CC)CC)cc2)cc1. The lowest BCUT2D eigenvalue weighted by Gasteiger charge is -2.36. The lowest BCUT2D eigenvalue weighted by Crippen LogP contribution is -2.29.